The van der Waals surface area contributed by atoms with Gasteiger partial charge in [0.1, 0.15) is 0 Å². The third kappa shape index (κ3) is 1.98. The van der Waals surface area contributed by atoms with Gasteiger partial charge in [0.25, 0.3) is 0 Å². The summed E-state index contributed by atoms with van der Waals surface area (Å²) in [6.07, 6.45) is 7.77. The van der Waals surface area contributed by atoms with Crippen LogP contribution in [0.1, 0.15) is 6.42 Å². The Balaban J connectivity index is 0.00000180. The number of allylic oxidation sites excluding steroid dienone is 4. The fourth-order valence-electron chi connectivity index (χ4n) is 9.43. The Bertz CT molecular complexity index is 1700. The van der Waals surface area contributed by atoms with Gasteiger partial charge in [-0.25, -0.2) is 0 Å². The molecule has 0 radical (unpaired) electrons. The van der Waals surface area contributed by atoms with E-state index in [9.17, 15) is 0 Å². The fraction of sp³-hybridized carbons (Fsp3) is 0.156. The predicted octanol–water partition coefficient (Wildman–Crippen LogP) is 8.00. The Morgan fingerprint density at radius 1 is 0.611 bits per heavy atom. The molecule has 1 aliphatic rings. The van der Waals surface area contributed by atoms with E-state index in [2.05, 4.69) is 146 Å². The zero-order chi connectivity index (χ0) is 24.5. The zero-order valence-electron chi connectivity index (χ0n) is 21.9. The van der Waals surface area contributed by atoms with E-state index >= 15 is 0 Å². The van der Waals surface area contributed by atoms with Crippen molar-refractivity contribution < 1.29 is 10.9 Å². The summed E-state index contributed by atoms with van der Waals surface area (Å²) in [4.78, 5) is 0. The van der Waals surface area contributed by atoms with Crippen LogP contribution in [0.3, 0.4) is 0 Å². The standard InChI is InChI=1S/3C6H5.C5H5.C4H4P.4CH3.CH2.2ClH.Zr/c3*1-2-4-6-5-3-1;2*1-2-4-5-3-1;;;;;;;;/h3*1-5H;1-3H,4H2;1-3,5H;4*1H3;1H2;2*1H;. The van der Waals surface area contributed by atoms with E-state index in [1.54, 1.807) is 0 Å². The Kier molecular flexibility index (Phi) is 4.19. The van der Waals surface area contributed by atoms with Gasteiger partial charge in [-0.3, -0.25) is 0 Å². The van der Waals surface area contributed by atoms with E-state index in [1.807, 2.05) is 0 Å². The minimum absolute atomic E-state index is 0. The molecule has 5 rings (SSSR count). The Labute approximate surface area is 214 Å². The van der Waals surface area contributed by atoms with Crippen molar-refractivity contribution in [1.29, 1.82) is 0 Å². The van der Waals surface area contributed by atoms with Crippen LogP contribution >= 0.6 is 33.0 Å². The third-order valence-electron chi connectivity index (χ3n) is 13.5. The number of benzene rings is 3. The van der Waals surface area contributed by atoms with Crippen molar-refractivity contribution in [2.45, 2.75) is 24.9 Å². The van der Waals surface area contributed by atoms with Gasteiger partial charge in [0.2, 0.25) is 0 Å². The summed E-state index contributed by atoms with van der Waals surface area (Å²) >= 11 is 0. The Hall–Kier alpha value is -1.75. The summed E-state index contributed by atoms with van der Waals surface area (Å²) in [7, 11) is -7.05. The summed E-state index contributed by atoms with van der Waals surface area (Å²) in [6.45, 7) is 0. The molecule has 0 aliphatic heterocycles. The summed E-state index contributed by atoms with van der Waals surface area (Å²) in [5, 5.41) is 0. The van der Waals surface area contributed by atoms with Crippen molar-refractivity contribution in [3.8, 4) is 0 Å². The molecule has 0 bridgehead atoms. The van der Waals surface area contributed by atoms with Crippen LogP contribution in [0.2, 0.25) is 18.5 Å². The van der Waals surface area contributed by atoms with Gasteiger partial charge in [0.15, 0.2) is 0 Å². The zero-order valence-corrected chi connectivity index (χ0v) is 26.9. The molecule has 1 heterocycles. The van der Waals surface area contributed by atoms with Crippen molar-refractivity contribution >= 4 is 50.0 Å². The second-order valence-electron chi connectivity index (χ2n) is 18.1. The molecule has 0 N–H and O–H groups in total. The van der Waals surface area contributed by atoms with Crippen molar-refractivity contribution in [3.63, 3.8) is 0 Å². The van der Waals surface area contributed by atoms with Gasteiger partial charge in [-0.2, -0.15) is 0 Å². The number of hydrogen-bond acceptors (Lipinski definition) is 0. The van der Waals surface area contributed by atoms with E-state index in [0.717, 1.165) is 6.42 Å². The molecule has 1 atom stereocenters. The van der Waals surface area contributed by atoms with E-state index < -0.39 is 10.9 Å². The predicted molar refractivity (Wildman–Crippen MR) is 171 cm³/mol. The average Bonchev–Trinajstić information content (AvgIpc) is 3.59. The maximum atomic E-state index is 6.07. The molecule has 0 saturated heterocycles. The molecule has 4 heteroatoms. The van der Waals surface area contributed by atoms with Crippen LogP contribution in [0.25, 0.3) is 0 Å². The van der Waals surface area contributed by atoms with Crippen molar-refractivity contribution in [2.24, 2.45) is 0 Å². The first-order valence-electron chi connectivity index (χ1n) is 12.5. The van der Waals surface area contributed by atoms with Crippen LogP contribution in [0.4, 0.5) is 0 Å². The molecule has 1 unspecified atom stereocenters. The van der Waals surface area contributed by atoms with Crippen molar-refractivity contribution in [3.05, 3.63) is 130 Å². The molecule has 0 spiro atoms. The van der Waals surface area contributed by atoms with Crippen LogP contribution in [0, 0.1) is 0 Å². The van der Waals surface area contributed by atoms with Crippen LogP contribution < -0.4 is 12.8 Å². The Morgan fingerprint density at radius 3 is 1.33 bits per heavy atom. The van der Waals surface area contributed by atoms with E-state index in [0.29, 0.717) is 8.19 Å². The topological polar surface area (TPSA) is 0 Å². The molecule has 1 aliphatic carbocycles. The van der Waals surface area contributed by atoms with Gasteiger partial charge in [0, 0.05) is 0 Å². The monoisotopic (exact) mass is 615 g/mol. The molecule has 0 fully saturated rings. The number of hydrogen-bond donors (Lipinski definition) is 0. The van der Waals surface area contributed by atoms with Gasteiger partial charge in [0.05, 0.1) is 0 Å². The first-order valence-corrected chi connectivity index (χ1v) is 31.3. The third-order valence-corrected chi connectivity index (χ3v) is 77.1. The molecule has 0 saturated carbocycles. The quantitative estimate of drug-likeness (QED) is 0.213. The first-order chi connectivity index (χ1) is 15.6. The first kappa shape index (κ1) is 28.8. The maximum absolute atomic E-state index is 7.54. The molecule has 36 heavy (non-hydrogen) atoms. The normalized spacial score (nSPS) is 20.9. The SMILES string of the molecule is Cl.Cl.[CH2]=[Zr]([CH3])([CH3])([CH3])([CH3])([C]1=CC=CC1)([c]1ccccc1)([c]1ccccc1)([c]1ccccc1)[c]1ccc[pH]1. The van der Waals surface area contributed by atoms with Crippen LogP contribution in [0.5, 0.6) is 0 Å². The second-order valence-corrected chi connectivity index (χ2v) is 84.4. The van der Waals surface area contributed by atoms with E-state index in [4.69, 9.17) is 4.21 Å². The van der Waals surface area contributed by atoms with Gasteiger partial charge < -0.3 is 0 Å². The molecule has 191 valence electrons. The molecular weight excluding hydrogens is 577 g/mol. The number of rotatable bonds is 5. The van der Waals surface area contributed by atoms with E-state index in [-0.39, 0.29) is 24.8 Å². The van der Waals surface area contributed by atoms with E-state index in [1.165, 1.54) is 16.1 Å². The molecule has 4 aromatic rings. The van der Waals surface area contributed by atoms with Crippen LogP contribution in [-0.4, -0.2) is 4.21 Å². The summed E-state index contributed by atoms with van der Waals surface area (Å²) in [6, 6.07) is 38.3. The van der Waals surface area contributed by atoms with Crippen molar-refractivity contribution in [1.82, 2.24) is 0 Å². The molecule has 1 aromatic heterocycles. The fourth-order valence-corrected chi connectivity index (χ4v) is 58.1. The van der Waals surface area contributed by atoms with Crippen LogP contribution in [-0.2, 0) is 10.9 Å². The Morgan fingerprint density at radius 2 is 1.03 bits per heavy atom. The number of halogens is 2. The minimum atomic E-state index is -7.54. The molecular formula is C32H40Cl2PZr. The van der Waals surface area contributed by atoms with Gasteiger partial charge in [-0.05, 0) is 0 Å². The second kappa shape index (κ2) is 5.24. The summed E-state index contributed by atoms with van der Waals surface area (Å²) < 4.78 is 23.0. The summed E-state index contributed by atoms with van der Waals surface area (Å²) in [5.74, 6) is 2.33. The van der Waals surface area contributed by atoms with Gasteiger partial charge in [-0.1, -0.05) is 0 Å². The van der Waals surface area contributed by atoms with Crippen molar-refractivity contribution in [2.75, 3.05) is 0 Å². The van der Waals surface area contributed by atoms with Crippen LogP contribution in [0.15, 0.2) is 130 Å². The van der Waals surface area contributed by atoms with Gasteiger partial charge in [-0.15, -0.1) is 24.8 Å². The average molecular weight is 618 g/mol. The molecule has 3 aromatic carbocycles. The molecule has 0 amide bonds. The summed E-state index contributed by atoms with van der Waals surface area (Å²) in [5.41, 5.74) is 0. The van der Waals surface area contributed by atoms with Gasteiger partial charge >= 0.3 is 191 Å². The molecule has 0 nitrogen and oxygen atoms in total.